The zero-order valence-corrected chi connectivity index (χ0v) is 12.6. The van der Waals surface area contributed by atoms with E-state index >= 15 is 0 Å². The van der Waals surface area contributed by atoms with E-state index in [0.717, 1.165) is 6.42 Å². The van der Waals surface area contributed by atoms with Crippen molar-refractivity contribution in [3.05, 3.63) is 0 Å². The van der Waals surface area contributed by atoms with E-state index in [9.17, 15) is 9.90 Å². The zero-order valence-electron chi connectivity index (χ0n) is 12.6. The second kappa shape index (κ2) is 4.68. The highest BCUT2D eigenvalue weighted by atomic mass is 16.3. The topological polar surface area (TPSA) is 64.0 Å². The van der Waals surface area contributed by atoms with Crippen LogP contribution in [-0.2, 0) is 4.79 Å². The first kappa shape index (κ1) is 14.3. The van der Waals surface area contributed by atoms with Crippen LogP contribution < -0.4 is 0 Å². The molecule has 0 radical (unpaired) electrons. The molecule has 1 amide bonds. The van der Waals surface area contributed by atoms with Crippen LogP contribution in [0.15, 0.2) is 0 Å². The molecule has 0 bridgehead atoms. The van der Waals surface area contributed by atoms with E-state index in [4.69, 9.17) is 5.11 Å². The van der Waals surface area contributed by atoms with Gasteiger partial charge in [-0.15, -0.1) is 0 Å². The normalized spacial score (nSPS) is 45.9. The summed E-state index contributed by atoms with van der Waals surface area (Å²) in [6.45, 7) is 4.19. The van der Waals surface area contributed by atoms with Gasteiger partial charge in [0.1, 0.15) is 5.66 Å². The predicted molar refractivity (Wildman–Crippen MR) is 74.8 cm³/mol. The molecule has 6 atom stereocenters. The molecule has 5 heteroatoms. The molecule has 20 heavy (non-hydrogen) atoms. The number of nitrogens with zero attached hydrogens (tertiary/aromatic N) is 2. The van der Waals surface area contributed by atoms with Gasteiger partial charge >= 0.3 is 0 Å². The van der Waals surface area contributed by atoms with Crippen LogP contribution >= 0.6 is 0 Å². The van der Waals surface area contributed by atoms with Gasteiger partial charge in [-0.2, -0.15) is 0 Å². The lowest BCUT2D eigenvalue weighted by Gasteiger charge is -2.65. The Morgan fingerprint density at radius 2 is 2.10 bits per heavy atom. The molecule has 0 aromatic rings. The Labute approximate surface area is 120 Å². The molecule has 2 aliphatic heterocycles. The number of likely N-dealkylation sites (N-methyl/N-ethyl adjacent to an activating group) is 1. The van der Waals surface area contributed by atoms with Gasteiger partial charge in [-0.3, -0.25) is 9.69 Å². The first-order valence-electron chi connectivity index (χ1n) is 7.78. The molecule has 3 fully saturated rings. The summed E-state index contributed by atoms with van der Waals surface area (Å²) in [5.74, 6) is 1.31. The van der Waals surface area contributed by atoms with Crippen LogP contribution in [0.1, 0.15) is 39.5 Å². The zero-order chi connectivity index (χ0) is 14.7. The number of hydrogen-bond acceptors (Lipinski definition) is 4. The summed E-state index contributed by atoms with van der Waals surface area (Å²) in [6.07, 6.45) is 3.00. The number of carbonyl (C=O) groups is 1. The molecule has 2 heterocycles. The van der Waals surface area contributed by atoms with Crippen LogP contribution in [0.4, 0.5) is 0 Å². The van der Waals surface area contributed by atoms with Crippen LogP contribution in [0.3, 0.4) is 0 Å². The Kier molecular flexibility index (Phi) is 3.35. The lowest BCUT2D eigenvalue weighted by Crippen LogP contribution is -2.76. The van der Waals surface area contributed by atoms with Crippen molar-refractivity contribution in [3.63, 3.8) is 0 Å². The third-order valence-corrected chi connectivity index (χ3v) is 5.92. The van der Waals surface area contributed by atoms with Crippen LogP contribution in [-0.4, -0.2) is 63.4 Å². The highest BCUT2D eigenvalue weighted by molar-refractivity contribution is 5.86. The van der Waals surface area contributed by atoms with E-state index < -0.39 is 6.10 Å². The number of amides is 1. The molecule has 114 valence electrons. The summed E-state index contributed by atoms with van der Waals surface area (Å²) in [6, 6.07) is 0.131. The number of hydrogen-bond donors (Lipinski definition) is 2. The Bertz CT molecular complexity index is 416. The first-order valence-corrected chi connectivity index (χ1v) is 7.78. The van der Waals surface area contributed by atoms with Crippen molar-refractivity contribution in [1.82, 2.24) is 9.80 Å². The molecular weight excluding hydrogens is 256 g/mol. The van der Waals surface area contributed by atoms with Crippen LogP contribution in [0, 0.1) is 11.8 Å². The van der Waals surface area contributed by atoms with E-state index in [2.05, 4.69) is 18.7 Å². The number of aliphatic hydroxyl groups is 2. The number of aliphatic hydroxyl groups excluding tert-OH is 2. The minimum absolute atomic E-state index is 0.112. The molecule has 0 aromatic carbocycles. The molecule has 1 saturated carbocycles. The van der Waals surface area contributed by atoms with Gasteiger partial charge in [-0.05, 0) is 25.7 Å². The van der Waals surface area contributed by atoms with Crippen LogP contribution in [0.25, 0.3) is 0 Å². The summed E-state index contributed by atoms with van der Waals surface area (Å²) >= 11 is 0. The van der Waals surface area contributed by atoms with Crippen molar-refractivity contribution in [2.45, 2.75) is 63.4 Å². The quantitative estimate of drug-likeness (QED) is 0.787. The minimum atomic E-state index is -0.806. The van der Waals surface area contributed by atoms with Gasteiger partial charge in [0, 0.05) is 25.4 Å². The molecular formula is C15H26N2O3. The van der Waals surface area contributed by atoms with Gasteiger partial charge < -0.3 is 15.1 Å². The van der Waals surface area contributed by atoms with Gasteiger partial charge in [-0.1, -0.05) is 13.3 Å². The lowest BCUT2D eigenvalue weighted by atomic mass is 9.63. The van der Waals surface area contributed by atoms with Crippen molar-refractivity contribution in [1.29, 1.82) is 0 Å². The minimum Gasteiger partial charge on any atom is -0.394 e. The summed E-state index contributed by atoms with van der Waals surface area (Å²) < 4.78 is 0. The van der Waals surface area contributed by atoms with Gasteiger partial charge in [-0.25, -0.2) is 0 Å². The van der Waals surface area contributed by atoms with Gasteiger partial charge in [0.05, 0.1) is 18.8 Å². The molecule has 5 nitrogen and oxygen atoms in total. The maximum atomic E-state index is 12.6. The SMILES string of the molecule is CC1CCC2C(C)N3C(CC(O)CO)C(=O)N(C)C23C1. The summed E-state index contributed by atoms with van der Waals surface area (Å²) in [5, 5.41) is 18.8. The third-order valence-electron chi connectivity index (χ3n) is 5.92. The van der Waals surface area contributed by atoms with Crippen molar-refractivity contribution in [3.8, 4) is 0 Å². The summed E-state index contributed by atoms with van der Waals surface area (Å²) in [7, 11) is 1.91. The fraction of sp³-hybridized carbons (Fsp3) is 0.933. The Morgan fingerprint density at radius 1 is 1.40 bits per heavy atom. The molecule has 0 aromatic heterocycles. The van der Waals surface area contributed by atoms with Crippen LogP contribution in [0.2, 0.25) is 0 Å². The Morgan fingerprint density at radius 3 is 2.75 bits per heavy atom. The van der Waals surface area contributed by atoms with Gasteiger partial charge in [0.2, 0.25) is 5.91 Å². The van der Waals surface area contributed by atoms with Gasteiger partial charge in [0.25, 0.3) is 0 Å². The monoisotopic (exact) mass is 282 g/mol. The van der Waals surface area contributed by atoms with E-state index in [1.165, 1.54) is 12.8 Å². The highest BCUT2D eigenvalue weighted by Gasteiger charge is 2.70. The van der Waals surface area contributed by atoms with E-state index in [0.29, 0.717) is 24.3 Å². The smallest absolute Gasteiger partial charge is 0.241 e. The predicted octanol–water partition coefficient (Wildman–Crippen LogP) is 0.407. The van der Waals surface area contributed by atoms with E-state index in [1.54, 1.807) is 0 Å². The Balaban J connectivity index is 1.89. The molecule has 3 aliphatic rings. The highest BCUT2D eigenvalue weighted by Crippen LogP contribution is 2.58. The van der Waals surface area contributed by atoms with Crippen molar-refractivity contribution < 1.29 is 15.0 Å². The van der Waals surface area contributed by atoms with E-state index in [1.807, 2.05) is 11.9 Å². The largest absolute Gasteiger partial charge is 0.394 e. The molecule has 2 N–H and O–H groups in total. The second-order valence-electron chi connectivity index (χ2n) is 7.00. The Hall–Kier alpha value is -0.650. The third kappa shape index (κ3) is 1.63. The number of rotatable bonds is 3. The average Bonchev–Trinajstić information content (AvgIpc) is 2.58. The van der Waals surface area contributed by atoms with Crippen molar-refractivity contribution in [2.75, 3.05) is 13.7 Å². The summed E-state index contributed by atoms with van der Waals surface area (Å²) in [5.41, 5.74) is -0.117. The first-order chi connectivity index (χ1) is 9.43. The second-order valence-corrected chi connectivity index (χ2v) is 7.00. The van der Waals surface area contributed by atoms with Crippen molar-refractivity contribution >= 4 is 5.91 Å². The molecule has 6 unspecified atom stereocenters. The van der Waals surface area contributed by atoms with Crippen LogP contribution in [0.5, 0.6) is 0 Å². The summed E-state index contributed by atoms with van der Waals surface area (Å²) in [4.78, 5) is 16.9. The van der Waals surface area contributed by atoms with Crippen molar-refractivity contribution in [2.24, 2.45) is 11.8 Å². The fourth-order valence-electron chi connectivity index (χ4n) is 5.04. The molecule has 1 aliphatic carbocycles. The average molecular weight is 282 g/mol. The lowest BCUT2D eigenvalue weighted by molar-refractivity contribution is -0.207. The van der Waals surface area contributed by atoms with Gasteiger partial charge in [0.15, 0.2) is 0 Å². The molecule has 2 saturated heterocycles. The standard InChI is InChI=1S/C15H26N2O3/c1-9-4-5-12-10(2)17-13(6-11(19)8-18)14(20)16(3)15(12,17)7-9/h9-13,18-19H,4-8H2,1-3H3. The molecule has 3 rings (SSSR count). The maximum absolute atomic E-state index is 12.6. The van der Waals surface area contributed by atoms with E-state index in [-0.39, 0.29) is 24.2 Å². The maximum Gasteiger partial charge on any atom is 0.241 e. The molecule has 1 spiro atoms. The number of carbonyl (C=O) groups excluding carboxylic acids is 1. The fourth-order valence-corrected chi connectivity index (χ4v) is 5.04.